The lowest BCUT2D eigenvalue weighted by Gasteiger charge is -2.20. The molecular weight excluding hydrogens is 346 g/mol. The van der Waals surface area contributed by atoms with Crippen molar-refractivity contribution >= 4 is 34.3 Å². The third kappa shape index (κ3) is 5.42. The van der Waals surface area contributed by atoms with Gasteiger partial charge >= 0.3 is 5.97 Å². The molecule has 0 saturated carbocycles. The molecule has 134 valence electrons. The molecular formula is C16H19N3O5S. The number of nitrogens with one attached hydrogen (secondary N) is 2. The number of hydrogen-bond donors (Lipinski definition) is 2. The molecule has 2 heterocycles. The topological polar surface area (TPSA) is 111 Å². The second kappa shape index (κ2) is 8.43. The highest BCUT2D eigenvalue weighted by atomic mass is 32.1. The summed E-state index contributed by atoms with van der Waals surface area (Å²) in [6, 6.07) is 2.29. The zero-order valence-electron chi connectivity index (χ0n) is 14.1. The molecule has 0 saturated heterocycles. The molecule has 0 spiro atoms. The van der Waals surface area contributed by atoms with Gasteiger partial charge in [0.05, 0.1) is 12.0 Å². The lowest BCUT2D eigenvalue weighted by Crippen LogP contribution is -2.45. The van der Waals surface area contributed by atoms with Crippen molar-refractivity contribution in [2.24, 2.45) is 5.92 Å². The van der Waals surface area contributed by atoms with E-state index in [0.717, 1.165) is 0 Å². The Morgan fingerprint density at radius 3 is 2.72 bits per heavy atom. The van der Waals surface area contributed by atoms with Crippen LogP contribution in [0.1, 0.15) is 37.0 Å². The molecule has 0 aliphatic heterocycles. The van der Waals surface area contributed by atoms with Crippen LogP contribution in [0.15, 0.2) is 28.2 Å². The third-order valence-electron chi connectivity index (χ3n) is 3.15. The molecule has 0 aromatic carbocycles. The van der Waals surface area contributed by atoms with Crippen molar-refractivity contribution in [1.82, 2.24) is 10.3 Å². The summed E-state index contributed by atoms with van der Waals surface area (Å²) >= 11 is 1.24. The minimum Gasteiger partial charge on any atom is -0.459 e. The second-order valence-corrected chi connectivity index (χ2v) is 6.46. The third-order valence-corrected chi connectivity index (χ3v) is 3.96. The van der Waals surface area contributed by atoms with Crippen LogP contribution >= 0.6 is 11.3 Å². The predicted molar refractivity (Wildman–Crippen MR) is 91.0 cm³/mol. The van der Waals surface area contributed by atoms with E-state index < -0.39 is 17.9 Å². The van der Waals surface area contributed by atoms with E-state index in [1.54, 1.807) is 25.3 Å². The van der Waals surface area contributed by atoms with Crippen LogP contribution in [0, 0.1) is 5.92 Å². The van der Waals surface area contributed by atoms with Crippen molar-refractivity contribution < 1.29 is 23.5 Å². The Hall–Kier alpha value is -2.68. The highest BCUT2D eigenvalue weighted by Crippen LogP contribution is 2.16. The van der Waals surface area contributed by atoms with Gasteiger partial charge in [0, 0.05) is 12.3 Å². The largest absolute Gasteiger partial charge is 0.459 e. The first-order valence-corrected chi connectivity index (χ1v) is 8.47. The number of rotatable bonds is 7. The first-order valence-electron chi connectivity index (χ1n) is 7.59. The standard InChI is InChI=1S/C16H19N3O5S/c1-9(2)13(19-14(21)12-5-4-6-23-12)15(22)24-7-11-8-25-16(18-11)17-10(3)20/h4-6,8-9,13H,7H2,1-3H3,(H,19,21)(H,17,18,20)/t13-/m0/s1. The highest BCUT2D eigenvalue weighted by Gasteiger charge is 2.27. The molecule has 0 aliphatic rings. The number of thiazole rings is 1. The Balaban J connectivity index is 1.92. The van der Waals surface area contributed by atoms with Crippen LogP contribution in [0.2, 0.25) is 0 Å². The molecule has 0 radical (unpaired) electrons. The molecule has 1 atom stereocenters. The van der Waals surface area contributed by atoms with Crippen molar-refractivity contribution in [2.45, 2.75) is 33.4 Å². The molecule has 25 heavy (non-hydrogen) atoms. The maximum atomic E-state index is 12.3. The van der Waals surface area contributed by atoms with Gasteiger partial charge in [0.1, 0.15) is 12.6 Å². The molecule has 9 heteroatoms. The van der Waals surface area contributed by atoms with Crippen molar-refractivity contribution in [3.63, 3.8) is 0 Å². The zero-order valence-corrected chi connectivity index (χ0v) is 14.9. The number of furan rings is 1. The van der Waals surface area contributed by atoms with E-state index in [9.17, 15) is 14.4 Å². The fourth-order valence-corrected chi connectivity index (χ4v) is 2.68. The summed E-state index contributed by atoms with van der Waals surface area (Å²) in [7, 11) is 0. The first-order chi connectivity index (χ1) is 11.9. The van der Waals surface area contributed by atoms with Crippen LogP contribution in [-0.2, 0) is 20.9 Å². The molecule has 0 fully saturated rings. The number of anilines is 1. The van der Waals surface area contributed by atoms with Crippen LogP contribution in [0.4, 0.5) is 5.13 Å². The lowest BCUT2D eigenvalue weighted by molar-refractivity contribution is -0.148. The van der Waals surface area contributed by atoms with Gasteiger partial charge in [0.2, 0.25) is 5.91 Å². The number of amides is 2. The monoisotopic (exact) mass is 365 g/mol. The summed E-state index contributed by atoms with van der Waals surface area (Å²) in [6.07, 6.45) is 1.38. The number of carbonyl (C=O) groups excluding carboxylic acids is 3. The number of nitrogens with zero attached hydrogens (tertiary/aromatic N) is 1. The summed E-state index contributed by atoms with van der Waals surface area (Å²) in [5, 5.41) is 7.28. The fourth-order valence-electron chi connectivity index (χ4n) is 1.93. The van der Waals surface area contributed by atoms with E-state index >= 15 is 0 Å². The Morgan fingerprint density at radius 1 is 1.36 bits per heavy atom. The van der Waals surface area contributed by atoms with Gasteiger partial charge in [0.25, 0.3) is 5.91 Å². The van der Waals surface area contributed by atoms with Crippen molar-refractivity contribution in [3.05, 3.63) is 35.2 Å². The summed E-state index contributed by atoms with van der Waals surface area (Å²) in [4.78, 5) is 39.4. The Labute approximate surface area is 148 Å². The van der Waals surface area contributed by atoms with Crippen LogP contribution in [0.5, 0.6) is 0 Å². The number of esters is 1. The van der Waals surface area contributed by atoms with E-state index in [1.807, 2.05) is 0 Å². The van der Waals surface area contributed by atoms with Crippen molar-refractivity contribution in [3.8, 4) is 0 Å². The maximum Gasteiger partial charge on any atom is 0.329 e. The van der Waals surface area contributed by atoms with Crippen LogP contribution < -0.4 is 10.6 Å². The van der Waals surface area contributed by atoms with E-state index in [-0.39, 0.29) is 24.2 Å². The van der Waals surface area contributed by atoms with Crippen molar-refractivity contribution in [2.75, 3.05) is 5.32 Å². The first kappa shape index (κ1) is 18.7. The molecule has 0 aliphatic carbocycles. The van der Waals surface area contributed by atoms with Gasteiger partial charge < -0.3 is 19.8 Å². The Morgan fingerprint density at radius 2 is 2.12 bits per heavy atom. The summed E-state index contributed by atoms with van der Waals surface area (Å²) in [5.41, 5.74) is 0.516. The Kier molecular flexibility index (Phi) is 6.29. The van der Waals surface area contributed by atoms with E-state index in [1.165, 1.54) is 30.6 Å². The van der Waals surface area contributed by atoms with Gasteiger partial charge in [-0.2, -0.15) is 0 Å². The molecule has 2 N–H and O–H groups in total. The van der Waals surface area contributed by atoms with Gasteiger partial charge in [-0.05, 0) is 18.1 Å². The fraction of sp³-hybridized carbons (Fsp3) is 0.375. The minimum atomic E-state index is -0.814. The molecule has 2 aromatic rings. The molecule has 2 aromatic heterocycles. The smallest absolute Gasteiger partial charge is 0.329 e. The number of aromatic nitrogens is 1. The molecule has 0 unspecified atom stereocenters. The quantitative estimate of drug-likeness (QED) is 0.728. The molecule has 8 nitrogen and oxygen atoms in total. The van der Waals surface area contributed by atoms with Gasteiger partial charge in [-0.3, -0.25) is 9.59 Å². The second-order valence-electron chi connectivity index (χ2n) is 5.61. The predicted octanol–water partition coefficient (Wildman–Crippen LogP) is 2.19. The van der Waals surface area contributed by atoms with Crippen LogP contribution in [0.3, 0.4) is 0 Å². The molecule has 2 rings (SSSR count). The average molecular weight is 365 g/mol. The number of hydrogen-bond acceptors (Lipinski definition) is 7. The van der Waals surface area contributed by atoms with Crippen molar-refractivity contribution in [1.29, 1.82) is 0 Å². The van der Waals surface area contributed by atoms with E-state index in [0.29, 0.717) is 10.8 Å². The maximum absolute atomic E-state index is 12.3. The summed E-state index contributed by atoms with van der Waals surface area (Å²) in [6.45, 7) is 4.93. The van der Waals surface area contributed by atoms with Gasteiger partial charge in [-0.15, -0.1) is 11.3 Å². The minimum absolute atomic E-state index is 0.0469. The SMILES string of the molecule is CC(=O)Nc1nc(COC(=O)[C@@H](NC(=O)c2ccco2)C(C)C)cs1. The highest BCUT2D eigenvalue weighted by molar-refractivity contribution is 7.13. The summed E-state index contributed by atoms with van der Waals surface area (Å²) < 4.78 is 10.2. The Bertz CT molecular complexity index is 739. The van der Waals surface area contributed by atoms with Gasteiger partial charge in [0.15, 0.2) is 10.9 Å². The molecule has 2 amide bonds. The normalized spacial score (nSPS) is 11.8. The van der Waals surface area contributed by atoms with Gasteiger partial charge in [-0.1, -0.05) is 13.8 Å². The zero-order chi connectivity index (χ0) is 18.4. The van der Waals surface area contributed by atoms with E-state index in [4.69, 9.17) is 9.15 Å². The van der Waals surface area contributed by atoms with Gasteiger partial charge in [-0.25, -0.2) is 9.78 Å². The van der Waals surface area contributed by atoms with Crippen LogP contribution in [0.25, 0.3) is 0 Å². The number of ether oxygens (including phenoxy) is 1. The lowest BCUT2D eigenvalue weighted by atomic mass is 10.0. The van der Waals surface area contributed by atoms with E-state index in [2.05, 4.69) is 15.6 Å². The summed E-state index contributed by atoms with van der Waals surface area (Å²) in [5.74, 6) is -1.32. The van der Waals surface area contributed by atoms with Crippen LogP contribution in [-0.4, -0.2) is 28.8 Å². The number of carbonyl (C=O) groups is 3. The molecule has 0 bridgehead atoms. The average Bonchev–Trinajstić information content (AvgIpc) is 3.20.